The molecule has 0 saturated carbocycles. The third kappa shape index (κ3) is 20.2. The highest BCUT2D eigenvalue weighted by Crippen LogP contribution is 2.09. The fourth-order valence-corrected chi connectivity index (χ4v) is 2.52. The molecule has 0 fully saturated rings. The predicted molar refractivity (Wildman–Crippen MR) is 111 cm³/mol. The molecule has 4 heteroatoms. The van der Waals surface area contributed by atoms with E-state index < -0.39 is 0 Å². The van der Waals surface area contributed by atoms with Gasteiger partial charge in [0.15, 0.2) is 0 Å². The van der Waals surface area contributed by atoms with Crippen LogP contribution in [0.4, 0.5) is 0 Å². The van der Waals surface area contributed by atoms with Crippen LogP contribution >= 0.6 is 0 Å². The zero-order valence-corrected chi connectivity index (χ0v) is 17.3. The van der Waals surface area contributed by atoms with E-state index in [1.54, 1.807) is 6.92 Å². The van der Waals surface area contributed by atoms with Crippen molar-refractivity contribution in [2.24, 2.45) is 0 Å². The summed E-state index contributed by atoms with van der Waals surface area (Å²) in [7, 11) is 0. The zero-order valence-electron chi connectivity index (χ0n) is 17.3. The number of unbranched alkanes of at least 4 members (excludes halogenated alkanes) is 9. The summed E-state index contributed by atoms with van der Waals surface area (Å²) in [5, 5.41) is 2.71. The number of nitrogens with one attached hydrogen (secondary N) is 1. The van der Waals surface area contributed by atoms with E-state index in [0.717, 1.165) is 12.8 Å². The maximum atomic E-state index is 11.6. The van der Waals surface area contributed by atoms with Crippen LogP contribution in [0.1, 0.15) is 97.3 Å². The minimum absolute atomic E-state index is 0.0538. The molecule has 0 aliphatic heterocycles. The summed E-state index contributed by atoms with van der Waals surface area (Å²) in [6.07, 6.45) is 13.4. The molecule has 152 valence electrons. The van der Waals surface area contributed by atoms with Crippen LogP contribution in [0.15, 0.2) is 0 Å². The number of hydrogen-bond acceptors (Lipinski definition) is 3. The van der Waals surface area contributed by atoms with Gasteiger partial charge in [0.1, 0.15) is 0 Å². The molecule has 0 atom stereocenters. The predicted octanol–water partition coefficient (Wildman–Crippen LogP) is 4.76. The molecule has 0 bridgehead atoms. The highest BCUT2D eigenvalue weighted by Gasteiger charge is 2.03. The van der Waals surface area contributed by atoms with Crippen LogP contribution in [0, 0.1) is 23.7 Å². The standard InChI is InChI=1S/C23H37NO3/c1-3-5-6-7-8-9-10-11-12-13-14-15-16-17-18-19-22(25)24-21-20-23(26)27-4-2/h3-12,17-21H2,1-2H3,(H,24,25). The van der Waals surface area contributed by atoms with Gasteiger partial charge < -0.3 is 10.1 Å². The van der Waals surface area contributed by atoms with Crippen molar-refractivity contribution < 1.29 is 14.3 Å². The minimum Gasteiger partial charge on any atom is -0.466 e. The van der Waals surface area contributed by atoms with Gasteiger partial charge in [-0.1, -0.05) is 63.7 Å². The largest absolute Gasteiger partial charge is 0.466 e. The fourth-order valence-electron chi connectivity index (χ4n) is 2.52. The molecular formula is C23H37NO3. The molecule has 0 heterocycles. The molecule has 1 amide bonds. The van der Waals surface area contributed by atoms with Crippen molar-refractivity contribution in [2.75, 3.05) is 13.2 Å². The van der Waals surface area contributed by atoms with Crippen molar-refractivity contribution in [3.05, 3.63) is 0 Å². The topological polar surface area (TPSA) is 55.4 Å². The van der Waals surface area contributed by atoms with Crippen LogP contribution in [0.2, 0.25) is 0 Å². The second kappa shape index (κ2) is 20.4. The summed E-state index contributed by atoms with van der Waals surface area (Å²) < 4.78 is 4.79. The molecule has 0 saturated heterocycles. The Labute approximate surface area is 166 Å². The SMILES string of the molecule is CCCCCCCCCCC#CC#CCCCC(=O)NCCC(=O)OCC. The molecular weight excluding hydrogens is 338 g/mol. The fraction of sp³-hybridized carbons (Fsp3) is 0.739. The monoisotopic (exact) mass is 375 g/mol. The molecule has 4 nitrogen and oxygen atoms in total. The number of esters is 1. The maximum absolute atomic E-state index is 11.6. The van der Waals surface area contributed by atoms with Gasteiger partial charge >= 0.3 is 5.97 Å². The molecule has 0 unspecified atom stereocenters. The lowest BCUT2D eigenvalue weighted by Gasteiger charge is -2.04. The van der Waals surface area contributed by atoms with Crippen LogP contribution in [0.5, 0.6) is 0 Å². The van der Waals surface area contributed by atoms with Crippen LogP contribution in [-0.2, 0) is 14.3 Å². The number of rotatable bonds is 15. The van der Waals surface area contributed by atoms with E-state index >= 15 is 0 Å². The average Bonchev–Trinajstić information content (AvgIpc) is 2.65. The molecule has 0 aliphatic rings. The van der Waals surface area contributed by atoms with Gasteiger partial charge in [-0.05, 0) is 31.6 Å². The second-order valence-corrected chi connectivity index (χ2v) is 6.59. The van der Waals surface area contributed by atoms with Gasteiger partial charge in [-0.3, -0.25) is 9.59 Å². The molecule has 0 aromatic rings. The van der Waals surface area contributed by atoms with Crippen LogP contribution < -0.4 is 5.32 Å². The van der Waals surface area contributed by atoms with E-state index in [4.69, 9.17) is 4.74 Å². The summed E-state index contributed by atoms with van der Waals surface area (Å²) in [6, 6.07) is 0. The van der Waals surface area contributed by atoms with E-state index in [9.17, 15) is 9.59 Å². The highest BCUT2D eigenvalue weighted by atomic mass is 16.5. The molecule has 0 aromatic carbocycles. The number of ether oxygens (including phenoxy) is 1. The molecule has 0 spiro atoms. The first kappa shape index (κ1) is 25.1. The Kier molecular flexibility index (Phi) is 18.9. The maximum Gasteiger partial charge on any atom is 0.307 e. The lowest BCUT2D eigenvalue weighted by atomic mass is 10.1. The number of carbonyl (C=O) groups excluding carboxylic acids is 2. The Hall–Kier alpha value is -1.94. The average molecular weight is 376 g/mol. The third-order valence-corrected chi connectivity index (χ3v) is 4.06. The molecule has 1 N–H and O–H groups in total. The van der Waals surface area contributed by atoms with E-state index in [1.165, 1.54) is 44.9 Å². The number of amides is 1. The van der Waals surface area contributed by atoms with E-state index in [1.807, 2.05) is 0 Å². The van der Waals surface area contributed by atoms with E-state index in [-0.39, 0.29) is 18.3 Å². The Morgan fingerprint density at radius 1 is 0.778 bits per heavy atom. The summed E-state index contributed by atoms with van der Waals surface area (Å²) >= 11 is 0. The number of hydrogen-bond donors (Lipinski definition) is 1. The summed E-state index contributed by atoms with van der Waals surface area (Å²) in [6.45, 7) is 4.70. The van der Waals surface area contributed by atoms with Crippen LogP contribution in [0.3, 0.4) is 0 Å². The van der Waals surface area contributed by atoms with Gasteiger partial charge in [-0.25, -0.2) is 0 Å². The zero-order chi connectivity index (χ0) is 20.0. The van der Waals surface area contributed by atoms with Crippen molar-refractivity contribution in [3.8, 4) is 23.7 Å². The Morgan fingerprint density at radius 3 is 2.00 bits per heavy atom. The van der Waals surface area contributed by atoms with Gasteiger partial charge in [-0.15, -0.1) is 0 Å². The quantitative estimate of drug-likeness (QED) is 0.255. The van der Waals surface area contributed by atoms with Gasteiger partial charge in [0.05, 0.1) is 13.0 Å². The molecule has 0 aliphatic carbocycles. The summed E-state index contributed by atoms with van der Waals surface area (Å²) in [5.74, 6) is 11.5. The lowest BCUT2D eigenvalue weighted by Crippen LogP contribution is -2.26. The minimum atomic E-state index is -0.283. The second-order valence-electron chi connectivity index (χ2n) is 6.59. The van der Waals surface area contributed by atoms with Crippen molar-refractivity contribution in [1.29, 1.82) is 0 Å². The normalized spacial score (nSPS) is 9.56. The van der Waals surface area contributed by atoms with Crippen molar-refractivity contribution in [3.63, 3.8) is 0 Å². The Bertz CT molecular complexity index is 505. The Balaban J connectivity index is 3.47. The van der Waals surface area contributed by atoms with Gasteiger partial charge in [0, 0.05) is 25.8 Å². The van der Waals surface area contributed by atoms with E-state index in [2.05, 4.69) is 35.9 Å². The first-order chi connectivity index (χ1) is 13.2. The third-order valence-electron chi connectivity index (χ3n) is 4.06. The number of carbonyl (C=O) groups is 2. The van der Waals surface area contributed by atoms with Crippen molar-refractivity contribution in [1.82, 2.24) is 5.32 Å². The van der Waals surface area contributed by atoms with Crippen molar-refractivity contribution in [2.45, 2.75) is 97.3 Å². The smallest absolute Gasteiger partial charge is 0.307 e. The van der Waals surface area contributed by atoms with Crippen molar-refractivity contribution >= 4 is 11.9 Å². The summed E-state index contributed by atoms with van der Waals surface area (Å²) in [4.78, 5) is 22.7. The van der Waals surface area contributed by atoms with Gasteiger partial charge in [0.2, 0.25) is 5.91 Å². The first-order valence-electron chi connectivity index (χ1n) is 10.6. The van der Waals surface area contributed by atoms with Gasteiger partial charge in [0.25, 0.3) is 0 Å². The molecule has 0 radical (unpaired) electrons. The molecule has 0 rings (SSSR count). The lowest BCUT2D eigenvalue weighted by molar-refractivity contribution is -0.143. The summed E-state index contributed by atoms with van der Waals surface area (Å²) in [5.41, 5.74) is 0. The van der Waals surface area contributed by atoms with Crippen LogP contribution in [0.25, 0.3) is 0 Å². The van der Waals surface area contributed by atoms with Gasteiger partial charge in [-0.2, -0.15) is 0 Å². The van der Waals surface area contributed by atoms with E-state index in [0.29, 0.717) is 32.4 Å². The Morgan fingerprint density at radius 2 is 1.37 bits per heavy atom. The molecule has 27 heavy (non-hydrogen) atoms. The highest BCUT2D eigenvalue weighted by molar-refractivity contribution is 5.77. The van der Waals surface area contributed by atoms with Crippen LogP contribution in [-0.4, -0.2) is 25.0 Å². The first-order valence-corrected chi connectivity index (χ1v) is 10.6. The molecule has 0 aromatic heterocycles.